The molecular weight excluding hydrogens is 320 g/mol. The minimum absolute atomic E-state index is 0.252. The van der Waals surface area contributed by atoms with E-state index in [9.17, 15) is 14.4 Å². The van der Waals surface area contributed by atoms with Crippen molar-refractivity contribution < 1.29 is 14.4 Å². The zero-order chi connectivity index (χ0) is 17.4. The summed E-state index contributed by atoms with van der Waals surface area (Å²) in [4.78, 5) is 44.8. The van der Waals surface area contributed by atoms with E-state index in [0.717, 1.165) is 4.90 Å². The topological polar surface area (TPSA) is 82.6 Å². The number of fused-ring (bicyclic) bond motifs is 1. The molecule has 4 rings (SSSR count). The second-order valence-electron chi connectivity index (χ2n) is 6.04. The first-order chi connectivity index (χ1) is 12.2. The van der Waals surface area contributed by atoms with Crippen LogP contribution in [0.15, 0.2) is 54.9 Å². The van der Waals surface area contributed by atoms with Gasteiger partial charge in [-0.2, -0.15) is 0 Å². The number of aromatic nitrogens is 1. The third-order valence-corrected chi connectivity index (χ3v) is 4.57. The standard InChI is InChI=1S/C18H16N4O3/c23-16(12-5-4-9-19-11-12)21-10-8-14-15(21)17(24)22(18(25)20-14)13-6-2-1-3-7-13/h1-7,9,11,14-15H,8,10H2,(H,20,25). The molecule has 1 N–H and O–H groups in total. The van der Waals surface area contributed by atoms with E-state index >= 15 is 0 Å². The summed E-state index contributed by atoms with van der Waals surface area (Å²) in [7, 11) is 0. The van der Waals surface area contributed by atoms with Crippen LogP contribution >= 0.6 is 0 Å². The number of urea groups is 1. The van der Waals surface area contributed by atoms with Crippen molar-refractivity contribution in [1.82, 2.24) is 15.2 Å². The monoisotopic (exact) mass is 336 g/mol. The molecule has 2 fully saturated rings. The molecule has 0 bridgehead atoms. The SMILES string of the molecule is O=C1NC2CCN(C(=O)c3cccnc3)C2C(=O)N1c1ccccc1. The highest BCUT2D eigenvalue weighted by Gasteiger charge is 2.49. The lowest BCUT2D eigenvalue weighted by atomic mass is 10.0. The Bertz CT molecular complexity index is 825. The van der Waals surface area contributed by atoms with E-state index in [2.05, 4.69) is 10.3 Å². The second-order valence-corrected chi connectivity index (χ2v) is 6.04. The number of carbonyl (C=O) groups excluding carboxylic acids is 3. The molecule has 25 heavy (non-hydrogen) atoms. The van der Waals surface area contributed by atoms with Crippen molar-refractivity contribution in [3.63, 3.8) is 0 Å². The summed E-state index contributed by atoms with van der Waals surface area (Å²) in [6, 6.07) is 10.6. The molecule has 2 aromatic rings. The molecule has 0 spiro atoms. The Morgan fingerprint density at radius 3 is 2.64 bits per heavy atom. The molecule has 2 saturated heterocycles. The minimum atomic E-state index is -0.703. The van der Waals surface area contributed by atoms with E-state index in [0.29, 0.717) is 24.2 Å². The summed E-state index contributed by atoms with van der Waals surface area (Å²) in [6.07, 6.45) is 3.62. The van der Waals surface area contributed by atoms with Crippen molar-refractivity contribution in [3.8, 4) is 0 Å². The summed E-state index contributed by atoms with van der Waals surface area (Å²) in [5, 5.41) is 2.85. The zero-order valence-electron chi connectivity index (χ0n) is 13.3. The normalized spacial score (nSPS) is 22.6. The van der Waals surface area contributed by atoms with Crippen LogP contribution in [0.1, 0.15) is 16.8 Å². The first-order valence-electron chi connectivity index (χ1n) is 8.07. The van der Waals surface area contributed by atoms with Gasteiger partial charge in [-0.25, -0.2) is 9.69 Å². The Morgan fingerprint density at radius 2 is 1.92 bits per heavy atom. The lowest BCUT2D eigenvalue weighted by Crippen LogP contribution is -2.65. The Labute approximate surface area is 144 Å². The molecule has 2 atom stereocenters. The van der Waals surface area contributed by atoms with Crippen molar-refractivity contribution in [3.05, 3.63) is 60.4 Å². The number of hydrogen-bond donors (Lipinski definition) is 1. The van der Waals surface area contributed by atoms with Gasteiger partial charge < -0.3 is 10.2 Å². The molecule has 0 radical (unpaired) electrons. The lowest BCUT2D eigenvalue weighted by molar-refractivity contribution is -0.122. The van der Waals surface area contributed by atoms with Crippen molar-refractivity contribution in [2.45, 2.75) is 18.5 Å². The van der Waals surface area contributed by atoms with E-state index < -0.39 is 12.1 Å². The van der Waals surface area contributed by atoms with E-state index in [1.807, 2.05) is 6.07 Å². The molecule has 7 nitrogen and oxygen atoms in total. The Balaban J connectivity index is 1.66. The number of para-hydroxylation sites is 1. The summed E-state index contributed by atoms with van der Waals surface area (Å²) < 4.78 is 0. The summed E-state index contributed by atoms with van der Waals surface area (Å²) >= 11 is 0. The smallest absolute Gasteiger partial charge is 0.329 e. The number of benzene rings is 1. The Hall–Kier alpha value is -3.22. The molecule has 3 heterocycles. The molecule has 2 aliphatic rings. The van der Waals surface area contributed by atoms with Crippen molar-refractivity contribution in [1.29, 1.82) is 0 Å². The van der Waals surface area contributed by atoms with E-state index in [1.165, 1.54) is 11.1 Å². The van der Waals surface area contributed by atoms with Gasteiger partial charge in [0, 0.05) is 18.9 Å². The number of hydrogen-bond acceptors (Lipinski definition) is 4. The molecule has 2 unspecified atom stereocenters. The van der Waals surface area contributed by atoms with Crippen LogP contribution in [0, 0.1) is 0 Å². The highest BCUT2D eigenvalue weighted by atomic mass is 16.2. The third-order valence-electron chi connectivity index (χ3n) is 4.57. The first kappa shape index (κ1) is 15.3. The third kappa shape index (κ3) is 2.53. The quantitative estimate of drug-likeness (QED) is 0.899. The van der Waals surface area contributed by atoms with Gasteiger partial charge in [-0.1, -0.05) is 18.2 Å². The maximum absolute atomic E-state index is 13.0. The lowest BCUT2D eigenvalue weighted by Gasteiger charge is -2.36. The van der Waals surface area contributed by atoms with E-state index in [4.69, 9.17) is 0 Å². The Kier molecular flexibility index (Phi) is 3.68. The van der Waals surface area contributed by atoms with Gasteiger partial charge in [0.05, 0.1) is 17.3 Å². The van der Waals surface area contributed by atoms with Crippen molar-refractivity contribution >= 4 is 23.5 Å². The minimum Gasteiger partial charge on any atom is -0.332 e. The van der Waals surface area contributed by atoms with Crippen LogP contribution in [0.4, 0.5) is 10.5 Å². The number of pyridine rings is 1. The number of carbonyl (C=O) groups is 3. The Morgan fingerprint density at radius 1 is 1.12 bits per heavy atom. The predicted molar refractivity (Wildman–Crippen MR) is 89.9 cm³/mol. The number of amides is 4. The van der Waals surface area contributed by atoms with Gasteiger partial charge in [0.15, 0.2) is 0 Å². The van der Waals surface area contributed by atoms with Gasteiger partial charge in [0.1, 0.15) is 6.04 Å². The van der Waals surface area contributed by atoms with Crippen LogP contribution in [-0.4, -0.2) is 46.4 Å². The first-order valence-corrected chi connectivity index (χ1v) is 8.07. The average Bonchev–Trinajstić information content (AvgIpc) is 3.06. The van der Waals surface area contributed by atoms with Crippen LogP contribution in [0.2, 0.25) is 0 Å². The van der Waals surface area contributed by atoms with Gasteiger partial charge in [-0.3, -0.25) is 14.6 Å². The van der Waals surface area contributed by atoms with E-state index in [-0.39, 0.29) is 17.9 Å². The number of imide groups is 1. The summed E-state index contributed by atoms with van der Waals surface area (Å²) in [5.41, 5.74) is 0.920. The maximum Gasteiger partial charge on any atom is 0.329 e. The van der Waals surface area contributed by atoms with Gasteiger partial charge in [-0.05, 0) is 30.7 Å². The molecule has 126 valence electrons. The molecule has 7 heteroatoms. The van der Waals surface area contributed by atoms with Crippen LogP contribution in [0.5, 0.6) is 0 Å². The number of nitrogens with one attached hydrogen (secondary N) is 1. The fourth-order valence-corrected chi connectivity index (χ4v) is 3.41. The number of anilines is 1. The molecule has 1 aromatic carbocycles. The van der Waals surface area contributed by atoms with Crippen LogP contribution in [0.25, 0.3) is 0 Å². The van der Waals surface area contributed by atoms with Crippen molar-refractivity contribution in [2.75, 3.05) is 11.4 Å². The maximum atomic E-state index is 13.0. The zero-order valence-corrected chi connectivity index (χ0v) is 13.3. The highest BCUT2D eigenvalue weighted by molar-refractivity contribution is 6.19. The molecule has 0 saturated carbocycles. The molecular formula is C18H16N4O3. The van der Waals surface area contributed by atoms with Crippen LogP contribution < -0.4 is 10.2 Å². The number of nitrogens with zero attached hydrogens (tertiary/aromatic N) is 3. The molecule has 4 amide bonds. The molecule has 2 aliphatic heterocycles. The molecule has 0 aliphatic carbocycles. The van der Waals surface area contributed by atoms with Gasteiger partial charge in [0.25, 0.3) is 11.8 Å². The summed E-state index contributed by atoms with van der Waals surface area (Å²) in [6.45, 7) is 0.414. The van der Waals surface area contributed by atoms with Gasteiger partial charge in [-0.15, -0.1) is 0 Å². The largest absolute Gasteiger partial charge is 0.332 e. The number of rotatable bonds is 2. The summed E-state index contributed by atoms with van der Waals surface area (Å²) in [5.74, 6) is -0.632. The average molecular weight is 336 g/mol. The fourth-order valence-electron chi connectivity index (χ4n) is 3.41. The molecule has 1 aromatic heterocycles. The van der Waals surface area contributed by atoms with E-state index in [1.54, 1.807) is 42.6 Å². The number of likely N-dealkylation sites (tertiary alicyclic amines) is 1. The van der Waals surface area contributed by atoms with Crippen LogP contribution in [0.3, 0.4) is 0 Å². The highest BCUT2D eigenvalue weighted by Crippen LogP contribution is 2.28. The second kappa shape index (κ2) is 6.01. The fraction of sp³-hybridized carbons (Fsp3) is 0.222. The van der Waals surface area contributed by atoms with Gasteiger partial charge in [0.2, 0.25) is 0 Å². The van der Waals surface area contributed by atoms with Gasteiger partial charge >= 0.3 is 6.03 Å². The van der Waals surface area contributed by atoms with Crippen molar-refractivity contribution in [2.24, 2.45) is 0 Å². The predicted octanol–water partition coefficient (Wildman–Crippen LogP) is 1.42. The van der Waals surface area contributed by atoms with Crippen LogP contribution in [-0.2, 0) is 4.79 Å².